The molecule has 1 aromatic carbocycles. The first-order valence-corrected chi connectivity index (χ1v) is 5.53. The summed E-state index contributed by atoms with van der Waals surface area (Å²) in [6, 6.07) is 1.60. The summed E-state index contributed by atoms with van der Waals surface area (Å²) in [4.78, 5) is 13.2. The molecular formula is C11H13ClF2N2O. The topological polar surface area (TPSA) is 46.3 Å². The van der Waals surface area contributed by atoms with Crippen LogP contribution in [-0.4, -0.2) is 30.4 Å². The van der Waals surface area contributed by atoms with Crippen LogP contribution in [0.2, 0.25) is 5.02 Å². The molecule has 0 saturated heterocycles. The molecule has 2 N–H and O–H groups in total. The maximum atomic E-state index is 13.5. The fraction of sp³-hybridized carbons (Fsp3) is 0.364. The summed E-state index contributed by atoms with van der Waals surface area (Å²) >= 11 is 5.41. The van der Waals surface area contributed by atoms with Gasteiger partial charge >= 0.3 is 0 Å². The van der Waals surface area contributed by atoms with Crippen molar-refractivity contribution in [3.8, 4) is 0 Å². The lowest BCUT2D eigenvalue weighted by Crippen LogP contribution is -2.35. The number of carbonyl (C=O) groups is 1. The molecule has 0 fully saturated rings. The van der Waals surface area contributed by atoms with E-state index in [1.165, 1.54) is 4.90 Å². The number of nitrogens with zero attached hydrogens (tertiary/aromatic N) is 1. The Kier molecular flexibility index (Phi) is 4.84. The van der Waals surface area contributed by atoms with Crippen molar-refractivity contribution in [1.82, 2.24) is 4.90 Å². The van der Waals surface area contributed by atoms with E-state index >= 15 is 0 Å². The number of rotatable bonds is 4. The van der Waals surface area contributed by atoms with Crippen LogP contribution in [0.5, 0.6) is 0 Å². The minimum atomic E-state index is -0.836. The molecular weight excluding hydrogens is 250 g/mol. The lowest BCUT2D eigenvalue weighted by molar-refractivity contribution is 0.0764. The van der Waals surface area contributed by atoms with Gasteiger partial charge in [-0.2, -0.15) is 0 Å². The lowest BCUT2D eigenvalue weighted by atomic mass is 10.1. The van der Waals surface area contributed by atoms with E-state index in [-0.39, 0.29) is 17.1 Å². The molecule has 94 valence electrons. The molecule has 6 heteroatoms. The molecule has 0 bridgehead atoms. The Balaban J connectivity index is 3.07. The van der Waals surface area contributed by atoms with Crippen LogP contribution >= 0.6 is 11.6 Å². The lowest BCUT2D eigenvalue weighted by Gasteiger charge is -2.20. The van der Waals surface area contributed by atoms with Gasteiger partial charge in [-0.15, -0.1) is 0 Å². The van der Waals surface area contributed by atoms with E-state index in [1.54, 1.807) is 6.92 Å². The molecule has 0 unspecified atom stereocenters. The molecule has 17 heavy (non-hydrogen) atoms. The fourth-order valence-electron chi connectivity index (χ4n) is 1.42. The van der Waals surface area contributed by atoms with Gasteiger partial charge in [-0.1, -0.05) is 11.6 Å². The van der Waals surface area contributed by atoms with Crippen molar-refractivity contribution < 1.29 is 13.6 Å². The van der Waals surface area contributed by atoms with Crippen LogP contribution in [-0.2, 0) is 0 Å². The van der Waals surface area contributed by atoms with Gasteiger partial charge in [-0.05, 0) is 19.1 Å². The minimum absolute atomic E-state index is 0.261. The Morgan fingerprint density at radius 3 is 2.59 bits per heavy atom. The highest BCUT2D eigenvalue weighted by atomic mass is 35.5. The molecule has 0 aliphatic heterocycles. The largest absolute Gasteiger partial charge is 0.338 e. The van der Waals surface area contributed by atoms with Gasteiger partial charge < -0.3 is 10.6 Å². The molecule has 1 aromatic rings. The smallest absolute Gasteiger partial charge is 0.256 e. The molecule has 1 amide bonds. The van der Waals surface area contributed by atoms with Gasteiger partial charge in [-0.3, -0.25) is 4.79 Å². The van der Waals surface area contributed by atoms with E-state index in [0.29, 0.717) is 13.1 Å². The number of carbonyl (C=O) groups excluding carboxylic acids is 1. The van der Waals surface area contributed by atoms with Crippen LogP contribution in [0.1, 0.15) is 17.3 Å². The van der Waals surface area contributed by atoms with E-state index in [2.05, 4.69) is 0 Å². The zero-order valence-electron chi connectivity index (χ0n) is 9.34. The first-order chi connectivity index (χ1) is 8.01. The standard InChI is InChI=1S/C11H13ClF2N2O/c1-2-16(4-3-15)11(17)7-5-10(14)8(12)6-9(7)13/h5-6H,2-4,15H2,1H3. The molecule has 0 spiro atoms. The summed E-state index contributed by atoms with van der Waals surface area (Å²) < 4.78 is 26.7. The summed E-state index contributed by atoms with van der Waals surface area (Å²) in [7, 11) is 0. The molecule has 1 rings (SSSR count). The van der Waals surface area contributed by atoms with Crippen molar-refractivity contribution in [1.29, 1.82) is 0 Å². The zero-order valence-corrected chi connectivity index (χ0v) is 10.1. The minimum Gasteiger partial charge on any atom is -0.338 e. The van der Waals surface area contributed by atoms with Gasteiger partial charge in [0.15, 0.2) is 0 Å². The average molecular weight is 263 g/mol. The van der Waals surface area contributed by atoms with E-state index in [1.807, 2.05) is 0 Å². The summed E-state index contributed by atoms with van der Waals surface area (Å²) in [5.41, 5.74) is 5.00. The van der Waals surface area contributed by atoms with E-state index in [9.17, 15) is 13.6 Å². The van der Waals surface area contributed by atoms with Crippen LogP contribution in [0.25, 0.3) is 0 Å². The average Bonchev–Trinajstić information content (AvgIpc) is 2.30. The highest BCUT2D eigenvalue weighted by molar-refractivity contribution is 6.30. The van der Waals surface area contributed by atoms with Gasteiger partial charge in [-0.25, -0.2) is 8.78 Å². The fourth-order valence-corrected chi connectivity index (χ4v) is 1.57. The van der Waals surface area contributed by atoms with Gasteiger partial charge in [0, 0.05) is 19.6 Å². The monoisotopic (exact) mass is 262 g/mol. The first-order valence-electron chi connectivity index (χ1n) is 5.15. The van der Waals surface area contributed by atoms with Crippen molar-refractivity contribution in [3.05, 3.63) is 34.4 Å². The molecule has 0 aromatic heterocycles. The number of nitrogens with two attached hydrogens (primary N) is 1. The normalized spacial score (nSPS) is 10.4. The SMILES string of the molecule is CCN(CCN)C(=O)c1cc(F)c(Cl)cc1F. The van der Waals surface area contributed by atoms with Gasteiger partial charge in [0.2, 0.25) is 0 Å². The van der Waals surface area contributed by atoms with Crippen molar-refractivity contribution in [2.45, 2.75) is 6.92 Å². The highest BCUT2D eigenvalue weighted by Crippen LogP contribution is 2.20. The third-order valence-electron chi connectivity index (χ3n) is 2.31. The first kappa shape index (κ1) is 13.9. The summed E-state index contributed by atoms with van der Waals surface area (Å²) in [5.74, 6) is -2.25. The Labute approximate surface area is 103 Å². The second kappa shape index (κ2) is 5.93. The number of hydrogen-bond donors (Lipinski definition) is 1. The zero-order chi connectivity index (χ0) is 13.0. The van der Waals surface area contributed by atoms with Crippen molar-refractivity contribution in [2.75, 3.05) is 19.6 Å². The van der Waals surface area contributed by atoms with Crippen LogP contribution in [0.4, 0.5) is 8.78 Å². The Morgan fingerprint density at radius 2 is 2.06 bits per heavy atom. The number of halogens is 3. The van der Waals surface area contributed by atoms with Crippen molar-refractivity contribution in [2.24, 2.45) is 5.73 Å². The molecule has 0 aliphatic rings. The molecule has 0 radical (unpaired) electrons. The summed E-state index contributed by atoms with van der Waals surface area (Å²) in [6.07, 6.45) is 0. The quantitative estimate of drug-likeness (QED) is 0.844. The van der Waals surface area contributed by atoms with Crippen LogP contribution < -0.4 is 5.73 Å². The predicted molar refractivity (Wildman–Crippen MR) is 62.0 cm³/mol. The van der Waals surface area contributed by atoms with Crippen molar-refractivity contribution in [3.63, 3.8) is 0 Å². The van der Waals surface area contributed by atoms with Crippen LogP contribution in [0.15, 0.2) is 12.1 Å². The Hall–Kier alpha value is -1.20. The van der Waals surface area contributed by atoms with Crippen molar-refractivity contribution >= 4 is 17.5 Å². The van der Waals surface area contributed by atoms with E-state index < -0.39 is 17.5 Å². The third-order valence-corrected chi connectivity index (χ3v) is 2.60. The molecule has 0 saturated carbocycles. The van der Waals surface area contributed by atoms with Gasteiger partial charge in [0.25, 0.3) is 5.91 Å². The predicted octanol–water partition coefficient (Wildman–Crippen LogP) is 2.04. The maximum Gasteiger partial charge on any atom is 0.256 e. The Bertz CT molecular complexity index is 426. The molecule has 3 nitrogen and oxygen atoms in total. The van der Waals surface area contributed by atoms with Crippen LogP contribution in [0, 0.1) is 11.6 Å². The summed E-state index contributed by atoms with van der Waals surface area (Å²) in [5, 5.41) is -0.346. The number of benzene rings is 1. The number of amides is 1. The van der Waals surface area contributed by atoms with Crippen LogP contribution in [0.3, 0.4) is 0 Å². The van der Waals surface area contributed by atoms with Gasteiger partial charge in [0.05, 0.1) is 10.6 Å². The summed E-state index contributed by atoms with van der Waals surface area (Å²) in [6.45, 7) is 2.66. The Morgan fingerprint density at radius 1 is 1.41 bits per heavy atom. The maximum absolute atomic E-state index is 13.5. The van der Waals surface area contributed by atoms with Gasteiger partial charge in [0.1, 0.15) is 11.6 Å². The number of hydrogen-bond acceptors (Lipinski definition) is 2. The second-order valence-electron chi connectivity index (χ2n) is 3.42. The third kappa shape index (κ3) is 3.14. The molecule has 0 aliphatic carbocycles. The number of likely N-dealkylation sites (N-methyl/N-ethyl adjacent to an activating group) is 1. The molecule has 0 heterocycles. The highest BCUT2D eigenvalue weighted by Gasteiger charge is 2.19. The van der Waals surface area contributed by atoms with E-state index in [4.69, 9.17) is 17.3 Å². The van der Waals surface area contributed by atoms with E-state index in [0.717, 1.165) is 12.1 Å². The molecule has 0 atom stereocenters. The second-order valence-corrected chi connectivity index (χ2v) is 3.83.